The molecule has 0 aliphatic carbocycles. The summed E-state index contributed by atoms with van der Waals surface area (Å²) < 4.78 is 6.95. The van der Waals surface area contributed by atoms with Crippen LogP contribution in [0.4, 0.5) is 0 Å². The number of halogens is 1. The fourth-order valence-electron chi connectivity index (χ4n) is 3.54. The second-order valence-corrected chi connectivity index (χ2v) is 8.13. The third-order valence-electron chi connectivity index (χ3n) is 4.98. The summed E-state index contributed by atoms with van der Waals surface area (Å²) in [5, 5.41) is 13.1. The Kier molecular flexibility index (Phi) is 6.37. The Morgan fingerprint density at radius 2 is 2.23 bits per heavy atom. The van der Waals surface area contributed by atoms with E-state index in [-0.39, 0.29) is 0 Å². The molecule has 0 radical (unpaired) electrons. The van der Waals surface area contributed by atoms with Crippen LogP contribution in [0.25, 0.3) is 11.4 Å². The molecule has 1 saturated heterocycles. The summed E-state index contributed by atoms with van der Waals surface area (Å²) in [7, 11) is 1.87. The molecule has 1 aliphatic rings. The minimum Gasteiger partial charge on any atom is -0.361 e. The van der Waals surface area contributed by atoms with E-state index < -0.39 is 0 Å². The van der Waals surface area contributed by atoms with Gasteiger partial charge in [-0.2, -0.15) is 5.10 Å². The van der Waals surface area contributed by atoms with Crippen LogP contribution < -0.4 is 5.32 Å². The van der Waals surface area contributed by atoms with Crippen molar-refractivity contribution in [1.82, 2.24) is 25.2 Å². The molecule has 2 aromatic heterocycles. The van der Waals surface area contributed by atoms with Crippen LogP contribution in [-0.2, 0) is 13.6 Å². The highest BCUT2D eigenvalue weighted by atomic mass is 35.5. The van der Waals surface area contributed by atoms with E-state index in [4.69, 9.17) is 16.1 Å². The van der Waals surface area contributed by atoms with Gasteiger partial charge in [-0.05, 0) is 45.2 Å². The first-order valence-electron chi connectivity index (χ1n) is 9.54. The molecule has 1 atom stereocenters. The van der Waals surface area contributed by atoms with Crippen molar-refractivity contribution in [2.75, 3.05) is 19.6 Å². The van der Waals surface area contributed by atoms with E-state index in [2.05, 4.69) is 34.3 Å². The van der Waals surface area contributed by atoms with Gasteiger partial charge in [0.25, 0.3) is 0 Å². The first kappa shape index (κ1) is 19.4. The van der Waals surface area contributed by atoms with Crippen molar-refractivity contribution < 1.29 is 4.52 Å². The summed E-state index contributed by atoms with van der Waals surface area (Å²) in [6, 6.07) is 2.46. The molecule has 0 spiro atoms. The van der Waals surface area contributed by atoms with Crippen LogP contribution in [0.3, 0.4) is 0 Å². The zero-order chi connectivity index (χ0) is 18.7. The number of aromatic nitrogens is 3. The van der Waals surface area contributed by atoms with E-state index in [1.54, 1.807) is 4.68 Å². The maximum Gasteiger partial charge on any atom is 0.134 e. The van der Waals surface area contributed by atoms with Gasteiger partial charge >= 0.3 is 0 Å². The summed E-state index contributed by atoms with van der Waals surface area (Å²) in [6.07, 6.45) is 3.67. The van der Waals surface area contributed by atoms with Crippen LogP contribution in [0.2, 0.25) is 5.15 Å². The second-order valence-electron chi connectivity index (χ2n) is 7.78. The second kappa shape index (κ2) is 8.55. The molecule has 1 N–H and O–H groups in total. The smallest absolute Gasteiger partial charge is 0.134 e. The number of aryl methyl sites for hydroxylation is 2. The minimum absolute atomic E-state index is 0.552. The molecule has 0 saturated carbocycles. The Labute approximate surface area is 160 Å². The molecule has 2 aromatic rings. The summed E-state index contributed by atoms with van der Waals surface area (Å²) in [5.74, 6) is 1.52. The molecule has 1 unspecified atom stereocenters. The predicted octanol–water partition coefficient (Wildman–Crippen LogP) is 3.64. The monoisotopic (exact) mass is 379 g/mol. The lowest BCUT2D eigenvalue weighted by Crippen LogP contribution is -2.45. The first-order valence-corrected chi connectivity index (χ1v) is 9.92. The molecule has 1 aliphatic heterocycles. The molecule has 6 nitrogen and oxygen atoms in total. The van der Waals surface area contributed by atoms with Crippen molar-refractivity contribution in [3.8, 4) is 11.4 Å². The highest BCUT2D eigenvalue weighted by molar-refractivity contribution is 6.30. The number of rotatable bonds is 7. The quantitative estimate of drug-likeness (QED) is 0.795. The highest BCUT2D eigenvalue weighted by Gasteiger charge is 2.25. The van der Waals surface area contributed by atoms with Crippen molar-refractivity contribution in [3.05, 3.63) is 22.5 Å². The van der Waals surface area contributed by atoms with Crippen molar-refractivity contribution in [2.24, 2.45) is 13.0 Å². The van der Waals surface area contributed by atoms with Crippen molar-refractivity contribution in [1.29, 1.82) is 0 Å². The zero-order valence-corrected chi connectivity index (χ0v) is 17.0. The van der Waals surface area contributed by atoms with Gasteiger partial charge < -0.3 is 9.84 Å². The van der Waals surface area contributed by atoms with Gasteiger partial charge in [-0.15, -0.1) is 0 Å². The number of nitrogens with one attached hydrogen (secondary N) is 1. The molecular weight excluding hydrogens is 350 g/mol. The van der Waals surface area contributed by atoms with Gasteiger partial charge in [0.05, 0.1) is 0 Å². The standard InChI is InChI=1S/C19H30ClN5O/c1-13(2)7-8-21-15-6-5-9-25(11-15)12-16-18(22-24(4)19(16)20)17-10-14(3)26-23-17/h10,13,15,21H,5-9,11-12H2,1-4H3. The summed E-state index contributed by atoms with van der Waals surface area (Å²) in [6.45, 7) is 10.4. The maximum atomic E-state index is 6.54. The Bertz CT molecular complexity index is 724. The normalized spacial score (nSPS) is 18.8. The number of nitrogens with zero attached hydrogens (tertiary/aromatic N) is 4. The fourth-order valence-corrected chi connectivity index (χ4v) is 3.72. The van der Waals surface area contributed by atoms with E-state index in [1.165, 1.54) is 19.3 Å². The lowest BCUT2D eigenvalue weighted by molar-refractivity contribution is 0.183. The van der Waals surface area contributed by atoms with Crippen LogP contribution in [-0.4, -0.2) is 45.5 Å². The lowest BCUT2D eigenvalue weighted by atomic mass is 10.0. The van der Waals surface area contributed by atoms with Gasteiger partial charge in [-0.3, -0.25) is 9.58 Å². The van der Waals surface area contributed by atoms with Gasteiger partial charge in [0.2, 0.25) is 0 Å². The Hall–Kier alpha value is -1.37. The van der Waals surface area contributed by atoms with Gasteiger partial charge in [0.1, 0.15) is 22.3 Å². The molecule has 0 aromatic carbocycles. The fraction of sp³-hybridized carbons (Fsp3) is 0.684. The maximum absolute atomic E-state index is 6.54. The van der Waals surface area contributed by atoms with Crippen LogP contribution in [0.15, 0.2) is 10.6 Å². The number of hydrogen-bond acceptors (Lipinski definition) is 5. The molecule has 0 amide bonds. The molecule has 3 heterocycles. The minimum atomic E-state index is 0.552. The van der Waals surface area contributed by atoms with Crippen LogP contribution in [0, 0.1) is 12.8 Å². The highest BCUT2D eigenvalue weighted by Crippen LogP contribution is 2.30. The third kappa shape index (κ3) is 4.67. The molecule has 144 valence electrons. The van der Waals surface area contributed by atoms with Crippen LogP contribution >= 0.6 is 11.6 Å². The van der Waals surface area contributed by atoms with Crippen molar-refractivity contribution >= 4 is 11.6 Å². The van der Waals surface area contributed by atoms with Crippen molar-refractivity contribution in [3.63, 3.8) is 0 Å². The molecule has 7 heteroatoms. The molecule has 26 heavy (non-hydrogen) atoms. The molecule has 1 fully saturated rings. The Morgan fingerprint density at radius 3 is 2.92 bits per heavy atom. The van der Waals surface area contributed by atoms with E-state index in [0.29, 0.717) is 11.2 Å². The average Bonchev–Trinajstić information content (AvgIpc) is 3.13. The van der Waals surface area contributed by atoms with Gasteiger partial charge in [-0.25, -0.2) is 0 Å². The average molecular weight is 380 g/mol. The first-order chi connectivity index (χ1) is 12.4. The van der Waals surface area contributed by atoms with Gasteiger partial charge in [-0.1, -0.05) is 30.6 Å². The topological polar surface area (TPSA) is 59.1 Å². The molecular formula is C19H30ClN5O. The summed E-state index contributed by atoms with van der Waals surface area (Å²) >= 11 is 6.54. The predicted molar refractivity (Wildman–Crippen MR) is 104 cm³/mol. The summed E-state index contributed by atoms with van der Waals surface area (Å²) in [4.78, 5) is 2.47. The van der Waals surface area contributed by atoms with Gasteiger partial charge in [0, 0.05) is 37.8 Å². The van der Waals surface area contributed by atoms with Crippen LogP contribution in [0.1, 0.15) is 44.4 Å². The van der Waals surface area contributed by atoms with E-state index in [9.17, 15) is 0 Å². The largest absolute Gasteiger partial charge is 0.361 e. The van der Waals surface area contributed by atoms with E-state index in [1.807, 2.05) is 20.0 Å². The van der Waals surface area contributed by atoms with Gasteiger partial charge in [0.15, 0.2) is 0 Å². The van der Waals surface area contributed by atoms with Crippen LogP contribution in [0.5, 0.6) is 0 Å². The van der Waals surface area contributed by atoms with Crippen molar-refractivity contribution in [2.45, 2.75) is 52.6 Å². The number of piperidine rings is 1. The third-order valence-corrected chi connectivity index (χ3v) is 5.45. The lowest BCUT2D eigenvalue weighted by Gasteiger charge is -2.33. The Morgan fingerprint density at radius 1 is 1.42 bits per heavy atom. The number of likely N-dealkylation sites (tertiary alicyclic amines) is 1. The molecule has 0 bridgehead atoms. The number of hydrogen-bond donors (Lipinski definition) is 1. The van der Waals surface area contributed by atoms with E-state index in [0.717, 1.165) is 54.8 Å². The van der Waals surface area contributed by atoms with E-state index >= 15 is 0 Å². The SMILES string of the molecule is Cc1cc(-c2nn(C)c(Cl)c2CN2CCCC(NCCC(C)C)C2)no1. The summed E-state index contributed by atoms with van der Waals surface area (Å²) in [5.41, 5.74) is 2.61. The Balaban J connectivity index is 1.68. The molecule has 3 rings (SSSR count). The zero-order valence-electron chi connectivity index (χ0n) is 16.3.